The van der Waals surface area contributed by atoms with Crippen molar-refractivity contribution in [3.8, 4) is 33.6 Å². The van der Waals surface area contributed by atoms with Gasteiger partial charge in [-0.05, 0) is 70.1 Å². The number of thiophene rings is 1. The van der Waals surface area contributed by atoms with Crippen LogP contribution in [0.4, 0.5) is 0 Å². The molecule has 8 rings (SSSR count). The topological polar surface area (TPSA) is 25.8 Å². The molecule has 0 unspecified atom stereocenters. The van der Waals surface area contributed by atoms with Gasteiger partial charge in [0, 0.05) is 32.4 Å². The molecule has 0 bridgehead atoms. The van der Waals surface area contributed by atoms with E-state index in [2.05, 4.69) is 115 Å². The van der Waals surface area contributed by atoms with Gasteiger partial charge in [-0.1, -0.05) is 91.7 Å². The number of aromatic nitrogens is 2. The molecule has 0 atom stereocenters. The number of nitrogens with zero attached hydrogens (tertiary/aromatic N) is 2. The monoisotopic (exact) mass is 998 g/mol. The molecule has 0 aliphatic heterocycles. The summed E-state index contributed by atoms with van der Waals surface area (Å²) in [5, 5.41) is 2.52. The van der Waals surface area contributed by atoms with Gasteiger partial charge in [-0.25, -0.2) is 0 Å². The second kappa shape index (κ2) is 17.2. The average molecular weight is 997 g/mol. The minimum absolute atomic E-state index is 0. The number of pyridine rings is 2. The van der Waals surface area contributed by atoms with E-state index in [1.807, 2.05) is 63.5 Å². The Bertz CT molecular complexity index is 2530. The summed E-state index contributed by atoms with van der Waals surface area (Å²) < 4.78 is 29.0. The summed E-state index contributed by atoms with van der Waals surface area (Å²) in [6.45, 7) is 11.0. The molecule has 0 amide bonds. The molecule has 1 fully saturated rings. The minimum Gasteiger partial charge on any atom is -0.305 e. The fraction of sp³-hybridized carbons (Fsp3) is 0.333. The van der Waals surface area contributed by atoms with Crippen LogP contribution in [0.5, 0.6) is 0 Å². The Kier molecular flexibility index (Phi) is 11.7. The smallest absolute Gasteiger partial charge is 0.0280 e. The summed E-state index contributed by atoms with van der Waals surface area (Å²) in [4.78, 5) is 9.47. The fourth-order valence-electron chi connectivity index (χ4n) is 8.01. The van der Waals surface area contributed by atoms with E-state index in [-0.39, 0.29) is 25.5 Å². The van der Waals surface area contributed by atoms with E-state index in [0.29, 0.717) is 6.90 Å². The summed E-state index contributed by atoms with van der Waals surface area (Å²) in [6.07, 6.45) is 7.83. The van der Waals surface area contributed by atoms with E-state index in [4.69, 9.17) is 9.10 Å². The quantitative estimate of drug-likeness (QED) is 0.117. The molecule has 3 aromatic heterocycles. The van der Waals surface area contributed by atoms with Crippen molar-refractivity contribution in [2.45, 2.75) is 96.3 Å². The second-order valence-electron chi connectivity index (χ2n) is 17.7. The maximum absolute atomic E-state index is 8.76. The SMILES string of the molecule is [2H]C([2H])(c1cc(-c2[c-]cccc2)nc[c]1[Ge]([CH3])([CH3])[CH3])C(C)(C)C.[2H]Cc1ccc2c(c1)sc1c(-c3cc(C(C)(C)C4CCCC4)ccn3)[c-]cc(-c3ccccc3)c12.[Ir]. The van der Waals surface area contributed by atoms with E-state index < -0.39 is 25.1 Å². The first kappa shape index (κ1) is 38.1. The van der Waals surface area contributed by atoms with Gasteiger partial charge in [0.2, 0.25) is 0 Å². The van der Waals surface area contributed by atoms with Gasteiger partial charge in [0.25, 0.3) is 0 Å². The van der Waals surface area contributed by atoms with Crippen LogP contribution >= 0.6 is 11.3 Å². The van der Waals surface area contributed by atoms with Crippen LogP contribution in [0.3, 0.4) is 0 Å². The summed E-state index contributed by atoms with van der Waals surface area (Å²) >= 11 is -0.435. The molecule has 0 saturated heterocycles. The molecule has 2 nitrogen and oxygen atoms in total. The maximum Gasteiger partial charge on any atom is 0.0280 e. The van der Waals surface area contributed by atoms with Gasteiger partial charge in [-0.15, -0.1) is 17.7 Å². The third kappa shape index (κ3) is 9.31. The van der Waals surface area contributed by atoms with E-state index >= 15 is 0 Å². The molecular formula is C51H56GeIrN2S-2. The average Bonchev–Trinajstić information content (AvgIpc) is 3.90. The minimum atomic E-state index is -2.24. The molecule has 0 N–H and O–H groups in total. The van der Waals surface area contributed by atoms with Crippen molar-refractivity contribution in [2.75, 3.05) is 0 Å². The predicted molar refractivity (Wildman–Crippen MR) is 241 cm³/mol. The van der Waals surface area contributed by atoms with Crippen LogP contribution in [0.25, 0.3) is 53.8 Å². The predicted octanol–water partition coefficient (Wildman–Crippen LogP) is 14.0. The van der Waals surface area contributed by atoms with Gasteiger partial charge in [0.1, 0.15) is 0 Å². The van der Waals surface area contributed by atoms with Crippen LogP contribution in [0.2, 0.25) is 17.3 Å². The molecule has 0 spiro atoms. The van der Waals surface area contributed by atoms with Gasteiger partial charge < -0.3 is 4.98 Å². The third-order valence-electron chi connectivity index (χ3n) is 11.0. The van der Waals surface area contributed by atoms with Crippen molar-refractivity contribution in [3.63, 3.8) is 0 Å². The van der Waals surface area contributed by atoms with Crippen molar-refractivity contribution in [1.82, 2.24) is 9.97 Å². The summed E-state index contributed by atoms with van der Waals surface area (Å²) in [5.74, 6) is 7.59. The van der Waals surface area contributed by atoms with Crippen LogP contribution in [0.1, 0.15) is 81.1 Å². The van der Waals surface area contributed by atoms with Crippen molar-refractivity contribution in [1.29, 1.82) is 0 Å². The van der Waals surface area contributed by atoms with Gasteiger partial charge in [-0.3, -0.25) is 0 Å². The van der Waals surface area contributed by atoms with Gasteiger partial charge >= 0.3 is 135 Å². The molecular weight excluding hydrogens is 937 g/mol. The maximum atomic E-state index is 8.76. The van der Waals surface area contributed by atoms with Crippen molar-refractivity contribution in [2.24, 2.45) is 11.3 Å². The Morgan fingerprint density at radius 1 is 0.857 bits per heavy atom. The Morgan fingerprint density at radius 3 is 2.29 bits per heavy atom. The van der Waals surface area contributed by atoms with Gasteiger partial charge in [-0.2, -0.15) is 11.3 Å². The number of benzene rings is 4. The standard InChI is InChI=1S/C32H30NS.C19H26GeN.Ir/c1-21-13-14-27-29(19-21)34-31-26(16-15-25(30(27)31)22-9-5-4-6-10-22)28-20-24(17-18-33-28)32(2,3)23-11-7-8-12-23;1-19(2,3)13-16-12-18(15-10-8-7-9-11-15)21-14-17(16)20(4,5)6;/h4-6,9-10,13-15,17-20,23H,7-8,11-12H2,1-3H3;7-10,12,14H,13H2,1-6H3;/q2*-1;/i1D;13D2;. The van der Waals surface area contributed by atoms with E-state index in [1.54, 1.807) is 11.3 Å². The molecule has 5 heteroatoms. The van der Waals surface area contributed by atoms with Crippen molar-refractivity contribution in [3.05, 3.63) is 138 Å². The van der Waals surface area contributed by atoms with Crippen LogP contribution in [-0.4, -0.2) is 23.2 Å². The number of aryl methyl sites for hydroxylation is 1. The molecule has 4 aromatic carbocycles. The number of hydrogen-bond acceptors (Lipinski definition) is 3. The number of fused-ring (bicyclic) bond motifs is 3. The molecule has 56 heavy (non-hydrogen) atoms. The summed E-state index contributed by atoms with van der Waals surface area (Å²) in [5.41, 5.74) is 9.09. The second-order valence-corrected chi connectivity index (χ2v) is 29.4. The largest absolute Gasteiger partial charge is 0.305 e. The molecule has 1 saturated carbocycles. The first-order valence-corrected chi connectivity index (χ1v) is 27.9. The first-order valence-electron chi connectivity index (χ1n) is 21.4. The van der Waals surface area contributed by atoms with Crippen molar-refractivity contribution >= 4 is 49.2 Å². The van der Waals surface area contributed by atoms with Gasteiger partial charge in [0.05, 0.1) is 0 Å². The fourth-order valence-corrected chi connectivity index (χ4v) is 12.2. The van der Waals surface area contributed by atoms with E-state index in [1.165, 1.54) is 62.5 Å². The Morgan fingerprint density at radius 2 is 1.61 bits per heavy atom. The first-order chi connectivity index (χ1) is 27.5. The zero-order valence-corrected chi connectivity index (χ0v) is 39.5. The van der Waals surface area contributed by atoms with Crippen molar-refractivity contribution < 1.29 is 24.2 Å². The zero-order valence-electron chi connectivity index (χ0n) is 37.1. The Hall–Kier alpha value is -3.41. The van der Waals surface area contributed by atoms with E-state index in [0.717, 1.165) is 44.0 Å². The van der Waals surface area contributed by atoms with Crippen LogP contribution < -0.4 is 4.40 Å². The number of rotatable bonds is 7. The zero-order chi connectivity index (χ0) is 41.5. The van der Waals surface area contributed by atoms with Gasteiger partial charge in [0.15, 0.2) is 0 Å². The molecule has 1 aliphatic carbocycles. The van der Waals surface area contributed by atoms with Crippen LogP contribution in [-0.2, 0) is 31.9 Å². The molecule has 1 radical (unpaired) electrons. The molecule has 1 aliphatic rings. The van der Waals surface area contributed by atoms with Crippen LogP contribution in [0, 0.1) is 30.4 Å². The Labute approximate surface area is 360 Å². The molecule has 7 aromatic rings. The molecule has 3 heterocycles. The third-order valence-corrected chi connectivity index (χ3v) is 16.4. The summed E-state index contributed by atoms with van der Waals surface area (Å²) in [6, 6.07) is 40.2. The van der Waals surface area contributed by atoms with Crippen LogP contribution in [0.15, 0.2) is 109 Å². The normalized spacial score (nSPS) is 14.8. The molecule has 291 valence electrons. The summed E-state index contributed by atoms with van der Waals surface area (Å²) in [7, 11) is 0. The van der Waals surface area contributed by atoms with E-state index in [9.17, 15) is 0 Å². The number of hydrogen-bond donors (Lipinski definition) is 0. The Balaban J connectivity index is 0.000000213.